The van der Waals surface area contributed by atoms with E-state index in [1.54, 1.807) is 0 Å². The molecule has 0 radical (unpaired) electrons. The van der Waals surface area contributed by atoms with Crippen LogP contribution >= 0.6 is 0 Å². The van der Waals surface area contributed by atoms with E-state index < -0.39 is 0 Å². The van der Waals surface area contributed by atoms with E-state index in [1.165, 1.54) is 0 Å². The smallest absolute Gasteiger partial charge is 0.237 e. The molecule has 0 aromatic rings. The van der Waals surface area contributed by atoms with Crippen molar-refractivity contribution in [2.75, 3.05) is 6.61 Å². The molecule has 0 aliphatic heterocycles. The highest BCUT2D eigenvalue weighted by molar-refractivity contribution is 5.81. The van der Waals surface area contributed by atoms with E-state index in [0.29, 0.717) is 5.92 Å². The fraction of sp³-hybridized carbons (Fsp3) is 0.929. The maximum Gasteiger partial charge on any atom is 0.237 e. The van der Waals surface area contributed by atoms with Gasteiger partial charge in [0.15, 0.2) is 0 Å². The summed E-state index contributed by atoms with van der Waals surface area (Å²) < 4.78 is 0. The van der Waals surface area contributed by atoms with Crippen molar-refractivity contribution in [2.24, 2.45) is 5.92 Å². The molecule has 0 saturated heterocycles. The minimum atomic E-state index is -0.178. The van der Waals surface area contributed by atoms with Gasteiger partial charge in [-0.15, -0.1) is 0 Å². The zero-order chi connectivity index (χ0) is 13.5. The quantitative estimate of drug-likeness (QED) is 0.646. The predicted molar refractivity (Wildman–Crippen MR) is 73.3 cm³/mol. The van der Waals surface area contributed by atoms with E-state index in [0.717, 1.165) is 32.1 Å². The van der Waals surface area contributed by atoms with Gasteiger partial charge in [-0.2, -0.15) is 0 Å². The Hall–Kier alpha value is -0.610. The number of carbonyl (C=O) groups is 1. The molecule has 1 aliphatic rings. The minimum absolute atomic E-state index is 0.0762. The molecule has 1 fully saturated rings. The molecule has 3 N–H and O–H groups in total. The summed E-state index contributed by atoms with van der Waals surface area (Å²) in [5.74, 6) is 0.390. The standard InChI is InChI=1S/C14H28N2O2/c1-4-12(5-2)16-14(18)10(3)15-13-8-6-7-11(13)9-17/h10-13,15,17H,4-9H2,1-3H3,(H,16,18). The molecule has 18 heavy (non-hydrogen) atoms. The summed E-state index contributed by atoms with van der Waals surface area (Å²) in [4.78, 5) is 12.0. The van der Waals surface area contributed by atoms with E-state index in [-0.39, 0.29) is 30.6 Å². The van der Waals surface area contributed by atoms with E-state index in [9.17, 15) is 9.90 Å². The van der Waals surface area contributed by atoms with Crippen LogP contribution < -0.4 is 10.6 Å². The fourth-order valence-corrected chi connectivity index (χ4v) is 2.69. The van der Waals surface area contributed by atoms with Crippen LogP contribution in [0, 0.1) is 5.92 Å². The summed E-state index contributed by atoms with van der Waals surface area (Å²) in [6.07, 6.45) is 5.21. The van der Waals surface area contributed by atoms with Crippen molar-refractivity contribution in [1.29, 1.82) is 0 Å². The summed E-state index contributed by atoms with van der Waals surface area (Å²) in [7, 11) is 0. The molecule has 4 nitrogen and oxygen atoms in total. The zero-order valence-electron chi connectivity index (χ0n) is 11.9. The first kappa shape index (κ1) is 15.4. The monoisotopic (exact) mass is 256 g/mol. The van der Waals surface area contributed by atoms with Gasteiger partial charge in [-0.1, -0.05) is 20.3 Å². The van der Waals surface area contributed by atoms with E-state index in [1.807, 2.05) is 6.92 Å². The van der Waals surface area contributed by atoms with Crippen molar-refractivity contribution in [3.63, 3.8) is 0 Å². The Kier molecular flexibility index (Phi) is 6.65. The van der Waals surface area contributed by atoms with Crippen LogP contribution in [0.2, 0.25) is 0 Å². The highest BCUT2D eigenvalue weighted by Crippen LogP contribution is 2.25. The maximum absolute atomic E-state index is 12.0. The van der Waals surface area contributed by atoms with Crippen LogP contribution in [0.5, 0.6) is 0 Å². The van der Waals surface area contributed by atoms with Crippen LogP contribution in [-0.4, -0.2) is 35.7 Å². The van der Waals surface area contributed by atoms with Crippen LogP contribution in [0.1, 0.15) is 52.9 Å². The van der Waals surface area contributed by atoms with Crippen molar-refractivity contribution >= 4 is 5.91 Å². The van der Waals surface area contributed by atoms with Crippen LogP contribution in [0.25, 0.3) is 0 Å². The number of hydrogen-bond acceptors (Lipinski definition) is 3. The number of aliphatic hydroxyl groups is 1. The third kappa shape index (κ3) is 4.25. The number of hydrogen-bond donors (Lipinski definition) is 3. The number of aliphatic hydroxyl groups excluding tert-OH is 1. The largest absolute Gasteiger partial charge is 0.396 e. The van der Waals surface area contributed by atoms with Gasteiger partial charge >= 0.3 is 0 Å². The van der Waals surface area contributed by atoms with Gasteiger partial charge in [0.2, 0.25) is 5.91 Å². The minimum Gasteiger partial charge on any atom is -0.396 e. The Morgan fingerprint density at radius 2 is 2.00 bits per heavy atom. The molecule has 1 amide bonds. The van der Waals surface area contributed by atoms with Gasteiger partial charge in [0.05, 0.1) is 6.04 Å². The summed E-state index contributed by atoms with van der Waals surface area (Å²) in [6, 6.07) is 0.388. The number of nitrogens with one attached hydrogen (secondary N) is 2. The SMILES string of the molecule is CCC(CC)NC(=O)C(C)NC1CCCC1CO. The van der Waals surface area contributed by atoms with E-state index in [2.05, 4.69) is 24.5 Å². The molecule has 3 atom stereocenters. The molecule has 0 heterocycles. The maximum atomic E-state index is 12.0. The van der Waals surface area contributed by atoms with Crippen molar-refractivity contribution in [3.8, 4) is 0 Å². The second-order valence-electron chi connectivity index (χ2n) is 5.39. The Labute approximate surface area is 111 Å². The Bertz CT molecular complexity index is 254. The van der Waals surface area contributed by atoms with Gasteiger partial charge in [0.25, 0.3) is 0 Å². The second kappa shape index (κ2) is 7.74. The third-order valence-corrected chi connectivity index (χ3v) is 4.08. The normalized spacial score (nSPS) is 25.4. The molecule has 3 unspecified atom stereocenters. The van der Waals surface area contributed by atoms with Crippen LogP contribution in [0.15, 0.2) is 0 Å². The number of carbonyl (C=O) groups excluding carboxylic acids is 1. The number of rotatable bonds is 7. The lowest BCUT2D eigenvalue weighted by Gasteiger charge is -2.25. The molecular weight excluding hydrogens is 228 g/mol. The highest BCUT2D eigenvalue weighted by Gasteiger charge is 2.29. The second-order valence-corrected chi connectivity index (χ2v) is 5.39. The van der Waals surface area contributed by atoms with Crippen molar-refractivity contribution in [2.45, 2.75) is 71.0 Å². The molecule has 0 aromatic heterocycles. The third-order valence-electron chi connectivity index (χ3n) is 4.08. The molecule has 1 rings (SSSR count). The molecule has 0 bridgehead atoms. The summed E-state index contributed by atoms with van der Waals surface area (Å²) in [5, 5.41) is 15.7. The molecule has 0 aromatic carbocycles. The van der Waals surface area contributed by atoms with E-state index >= 15 is 0 Å². The first-order valence-corrected chi connectivity index (χ1v) is 7.29. The lowest BCUT2D eigenvalue weighted by Crippen LogP contribution is -2.50. The first-order chi connectivity index (χ1) is 8.62. The van der Waals surface area contributed by atoms with Gasteiger partial charge in [-0.3, -0.25) is 4.79 Å². The predicted octanol–water partition coefficient (Wildman–Crippen LogP) is 1.43. The molecule has 106 valence electrons. The molecular formula is C14H28N2O2. The molecule has 1 aliphatic carbocycles. The Morgan fingerprint density at radius 1 is 1.33 bits per heavy atom. The van der Waals surface area contributed by atoms with Crippen molar-refractivity contribution in [3.05, 3.63) is 0 Å². The summed E-state index contributed by atoms with van der Waals surface area (Å²) >= 11 is 0. The average Bonchev–Trinajstić information content (AvgIpc) is 2.82. The van der Waals surface area contributed by atoms with Gasteiger partial charge in [-0.05, 0) is 38.5 Å². The molecule has 0 spiro atoms. The van der Waals surface area contributed by atoms with Gasteiger partial charge in [0, 0.05) is 18.7 Å². The van der Waals surface area contributed by atoms with Crippen LogP contribution in [0.4, 0.5) is 0 Å². The van der Waals surface area contributed by atoms with E-state index in [4.69, 9.17) is 0 Å². The fourth-order valence-electron chi connectivity index (χ4n) is 2.69. The van der Waals surface area contributed by atoms with Crippen LogP contribution in [0.3, 0.4) is 0 Å². The van der Waals surface area contributed by atoms with Gasteiger partial charge in [0.1, 0.15) is 0 Å². The zero-order valence-corrected chi connectivity index (χ0v) is 11.9. The Balaban J connectivity index is 2.39. The van der Waals surface area contributed by atoms with Gasteiger partial charge in [-0.25, -0.2) is 0 Å². The van der Waals surface area contributed by atoms with Gasteiger partial charge < -0.3 is 15.7 Å². The highest BCUT2D eigenvalue weighted by atomic mass is 16.3. The van der Waals surface area contributed by atoms with Crippen molar-refractivity contribution < 1.29 is 9.90 Å². The summed E-state index contributed by atoms with van der Waals surface area (Å²) in [6.45, 7) is 6.31. The van der Waals surface area contributed by atoms with Crippen molar-refractivity contribution in [1.82, 2.24) is 10.6 Å². The topological polar surface area (TPSA) is 61.4 Å². The molecule has 4 heteroatoms. The first-order valence-electron chi connectivity index (χ1n) is 7.29. The average molecular weight is 256 g/mol. The number of amides is 1. The Morgan fingerprint density at radius 3 is 2.56 bits per heavy atom. The molecule has 1 saturated carbocycles. The summed E-state index contributed by atoms with van der Waals surface area (Å²) in [5.41, 5.74) is 0. The van der Waals surface area contributed by atoms with Crippen LogP contribution in [-0.2, 0) is 4.79 Å². The lowest BCUT2D eigenvalue weighted by molar-refractivity contribution is -0.123. The lowest BCUT2D eigenvalue weighted by atomic mass is 10.0.